The smallest absolute Gasteiger partial charge is 0.164 e. The molecule has 0 unspecified atom stereocenters. The van der Waals surface area contributed by atoms with E-state index in [1.165, 1.54) is 116 Å². The number of hydrogen-bond donors (Lipinski definition) is 0. The number of rotatable bonds is 11. The summed E-state index contributed by atoms with van der Waals surface area (Å²) in [6, 6.07) is 131. The van der Waals surface area contributed by atoms with E-state index < -0.39 is 0 Å². The Balaban J connectivity index is 0.675. The van der Waals surface area contributed by atoms with Gasteiger partial charge in [-0.15, -0.1) is 22.7 Å². The van der Waals surface area contributed by atoms with E-state index in [0.717, 1.165) is 77.9 Å². The first kappa shape index (κ1) is 63.3. The van der Waals surface area contributed by atoms with Gasteiger partial charge in [-0.2, -0.15) is 0 Å². The van der Waals surface area contributed by atoms with Crippen LogP contribution in [0.2, 0.25) is 0 Å². The van der Waals surface area contributed by atoms with Crippen LogP contribution in [0.1, 0.15) is 0 Å². The highest BCUT2D eigenvalue weighted by molar-refractivity contribution is 7.26. The Morgan fingerprint density at radius 1 is 0.145 bits per heavy atom. The Kier molecular flexibility index (Phi) is 14.9. The second-order valence-corrected chi connectivity index (χ2v) is 30.5. The summed E-state index contributed by atoms with van der Waals surface area (Å²) in [7, 11) is 0. The van der Waals surface area contributed by atoms with Crippen molar-refractivity contribution in [3.63, 3.8) is 0 Å². The molecule has 22 rings (SSSR count). The minimum atomic E-state index is 0.585. The molecule has 0 saturated carbocycles. The highest BCUT2D eigenvalue weighted by Crippen LogP contribution is 2.49. The summed E-state index contributed by atoms with van der Waals surface area (Å²) < 4.78 is 4.87. The fourth-order valence-electron chi connectivity index (χ4n) is 16.7. The van der Waals surface area contributed by atoms with Crippen LogP contribution in [0.3, 0.4) is 0 Å². The summed E-state index contributed by atoms with van der Waals surface area (Å²) in [6.07, 6.45) is 0. The van der Waals surface area contributed by atoms with E-state index in [-0.39, 0.29) is 0 Å². The molecule has 0 spiro atoms. The molecule has 8 heteroatoms. The second kappa shape index (κ2) is 25.9. The molecule has 6 nitrogen and oxygen atoms in total. The third-order valence-corrected chi connectivity index (χ3v) is 24.3. The van der Waals surface area contributed by atoms with Crippen LogP contribution in [0.15, 0.2) is 364 Å². The van der Waals surface area contributed by atoms with Crippen molar-refractivity contribution in [1.29, 1.82) is 0 Å². The van der Waals surface area contributed by atoms with Crippen molar-refractivity contribution in [2.24, 2.45) is 0 Å². The molecule has 0 fully saturated rings. The van der Waals surface area contributed by atoms with Crippen LogP contribution in [0.25, 0.3) is 229 Å². The number of nitrogens with zero attached hydrogens (tertiary/aromatic N) is 6. The summed E-state index contributed by atoms with van der Waals surface area (Å²) in [5.41, 5.74) is 16.7. The van der Waals surface area contributed by atoms with Gasteiger partial charge in [0.05, 0.1) is 0 Å². The van der Waals surface area contributed by atoms with E-state index in [4.69, 9.17) is 29.9 Å². The normalized spacial score (nSPS) is 11.8. The van der Waals surface area contributed by atoms with E-state index in [1.807, 2.05) is 102 Å². The lowest BCUT2D eigenvalue weighted by Gasteiger charge is -2.14. The molecular weight excluding hydrogens is 1370 g/mol. The Labute approximate surface area is 640 Å². The van der Waals surface area contributed by atoms with Crippen LogP contribution in [0.4, 0.5) is 0 Å². The van der Waals surface area contributed by atoms with Crippen molar-refractivity contribution in [2.45, 2.75) is 0 Å². The molecule has 0 aliphatic carbocycles. The zero-order valence-corrected chi connectivity index (χ0v) is 60.8. The molecule has 0 saturated heterocycles. The van der Waals surface area contributed by atoms with Crippen molar-refractivity contribution >= 4 is 128 Å². The second-order valence-electron chi connectivity index (χ2n) is 28.3. The van der Waals surface area contributed by atoms with Gasteiger partial charge in [0, 0.05) is 79.3 Å². The Morgan fingerprint density at radius 2 is 0.445 bits per heavy atom. The van der Waals surface area contributed by atoms with Crippen molar-refractivity contribution in [2.75, 3.05) is 0 Å². The number of fused-ring (bicyclic) bond motifs is 18. The van der Waals surface area contributed by atoms with Crippen molar-refractivity contribution in [1.82, 2.24) is 29.9 Å². The fraction of sp³-hybridized carbons (Fsp3) is 0. The predicted octanol–water partition coefficient (Wildman–Crippen LogP) is 28.0. The molecule has 0 radical (unpaired) electrons. The van der Waals surface area contributed by atoms with E-state index in [0.29, 0.717) is 34.9 Å². The van der Waals surface area contributed by atoms with Crippen molar-refractivity contribution < 1.29 is 0 Å². The van der Waals surface area contributed by atoms with Crippen LogP contribution < -0.4 is 0 Å². The number of thiophene rings is 2. The zero-order valence-electron chi connectivity index (χ0n) is 59.1. The lowest BCUT2D eigenvalue weighted by Crippen LogP contribution is -2.00. The van der Waals surface area contributed by atoms with Gasteiger partial charge in [-0.1, -0.05) is 303 Å². The Hall–Kier alpha value is -14.0. The van der Waals surface area contributed by atoms with Crippen LogP contribution in [0, 0.1) is 0 Å². The highest BCUT2D eigenvalue weighted by atomic mass is 32.1. The van der Waals surface area contributed by atoms with Gasteiger partial charge in [0.1, 0.15) is 0 Å². The molecule has 110 heavy (non-hydrogen) atoms. The van der Waals surface area contributed by atoms with Gasteiger partial charge in [0.2, 0.25) is 0 Å². The average molecular weight is 1430 g/mol. The third kappa shape index (κ3) is 10.7. The van der Waals surface area contributed by atoms with Crippen molar-refractivity contribution in [3.05, 3.63) is 364 Å². The predicted molar refractivity (Wildman–Crippen MR) is 464 cm³/mol. The first-order chi connectivity index (χ1) is 54.5. The molecule has 0 bridgehead atoms. The molecule has 4 heterocycles. The largest absolute Gasteiger partial charge is 0.208 e. The summed E-state index contributed by atoms with van der Waals surface area (Å²) >= 11 is 3.68. The highest BCUT2D eigenvalue weighted by Gasteiger charge is 2.23. The summed E-state index contributed by atoms with van der Waals surface area (Å²) in [5.74, 6) is 3.65. The van der Waals surface area contributed by atoms with E-state index in [1.54, 1.807) is 0 Å². The molecule has 0 N–H and O–H groups in total. The molecule has 0 aliphatic heterocycles. The molecular formula is C102H60N6S2. The van der Waals surface area contributed by atoms with Gasteiger partial charge in [-0.3, -0.25) is 0 Å². The molecule has 22 aromatic rings. The van der Waals surface area contributed by atoms with Crippen LogP contribution in [0.5, 0.6) is 0 Å². The summed E-state index contributed by atoms with van der Waals surface area (Å²) in [4.78, 5) is 31.4. The quantitative estimate of drug-likeness (QED) is 0.120. The minimum absolute atomic E-state index is 0.585. The summed E-state index contributed by atoms with van der Waals surface area (Å²) in [5, 5.41) is 19.9. The maximum absolute atomic E-state index is 5.49. The Bertz CT molecular complexity index is 7390. The fourth-order valence-corrected chi connectivity index (χ4v) is 19.1. The van der Waals surface area contributed by atoms with E-state index >= 15 is 0 Å². The number of aromatic nitrogens is 6. The van der Waals surface area contributed by atoms with Crippen LogP contribution in [-0.2, 0) is 0 Å². The zero-order chi connectivity index (χ0) is 72.3. The van der Waals surface area contributed by atoms with Gasteiger partial charge in [-0.05, 0) is 175 Å². The summed E-state index contributed by atoms with van der Waals surface area (Å²) in [6.45, 7) is 0. The first-order valence-corrected chi connectivity index (χ1v) is 38.7. The molecule has 0 aliphatic rings. The minimum Gasteiger partial charge on any atom is -0.208 e. The topological polar surface area (TPSA) is 77.3 Å². The average Bonchev–Trinajstić information content (AvgIpc) is 1.24. The van der Waals surface area contributed by atoms with Gasteiger partial charge >= 0.3 is 0 Å². The molecule has 0 atom stereocenters. The van der Waals surface area contributed by atoms with E-state index in [9.17, 15) is 0 Å². The SMILES string of the molecule is c1ccc(-c2nc(-c3ccccc3)nc(-c3ccc(-c4cccc5sc6c(-c7cccc(-c8nc(-c9ccccc9)nc(-c9cccc(-c%10cccc%11sc%12ccc(-c%13ccc%14c%15ccccc%15c%15ccccc%15c%14c%13)cc%12c%10%11)c9)n8)c7)cc(-c7ccc8c9ccccc9c9ccccc9c8c7)cc6c45)cc3)n2)cc1. The van der Waals surface area contributed by atoms with Crippen LogP contribution >= 0.6 is 22.7 Å². The first-order valence-electron chi connectivity index (χ1n) is 37.1. The molecule has 4 aromatic heterocycles. The van der Waals surface area contributed by atoms with Gasteiger partial charge < -0.3 is 0 Å². The third-order valence-electron chi connectivity index (χ3n) is 21.9. The van der Waals surface area contributed by atoms with Gasteiger partial charge in [-0.25, -0.2) is 29.9 Å². The lowest BCUT2D eigenvalue weighted by molar-refractivity contribution is 1.07. The van der Waals surface area contributed by atoms with Crippen molar-refractivity contribution in [3.8, 4) is 124 Å². The maximum Gasteiger partial charge on any atom is 0.164 e. The lowest BCUT2D eigenvalue weighted by atomic mass is 9.90. The molecule has 510 valence electrons. The Morgan fingerprint density at radius 3 is 0.909 bits per heavy atom. The molecule has 0 amide bonds. The maximum atomic E-state index is 5.49. The van der Waals surface area contributed by atoms with Gasteiger partial charge in [0.15, 0.2) is 34.9 Å². The van der Waals surface area contributed by atoms with E-state index in [2.05, 4.69) is 285 Å². The number of hydrogen-bond acceptors (Lipinski definition) is 8. The van der Waals surface area contributed by atoms with Crippen LogP contribution in [-0.4, -0.2) is 29.9 Å². The van der Waals surface area contributed by atoms with Gasteiger partial charge in [0.25, 0.3) is 0 Å². The monoisotopic (exact) mass is 1430 g/mol. The number of benzene rings is 18. The molecule has 18 aromatic carbocycles. The standard InChI is InChI=1S/C102H60N6S2/c1-4-22-62(23-5-1)97-103-98(63-24-6-2-7-25-63)105-100(104-97)65-46-44-61(45-47-65)74-40-20-43-93-95(74)90-60-73(68-49-52-85-81-37-13-11-33-77(81)79-35-15-17-39-83(79)88(85)57-68)59-86(96(90)110-93)70-29-19-31-72(55-70)102-107-99(64-26-8-3-9-27-64)106-101(108-102)71-30-18-28-69(54-71)75-41-21-42-92-94(75)89-58-67(50-53-91(89)109-92)66-48-51-84-80-36-12-10-32-76(80)78-34-14-16-38-82(78)87(84)56-66/h1-60H.